The summed E-state index contributed by atoms with van der Waals surface area (Å²) in [5, 5.41) is 4.85. The van der Waals surface area contributed by atoms with Gasteiger partial charge in [0.25, 0.3) is 5.91 Å². The van der Waals surface area contributed by atoms with Gasteiger partial charge in [0, 0.05) is 10.9 Å². The van der Waals surface area contributed by atoms with Crippen LogP contribution < -0.4 is 5.32 Å². The molecule has 0 fully saturated rings. The molecule has 2 heterocycles. The molecule has 0 spiro atoms. The smallest absolute Gasteiger partial charge is 0.338 e. The Balaban J connectivity index is 2.11. The summed E-state index contributed by atoms with van der Waals surface area (Å²) in [5.74, 6) is -0.500. The molecule has 0 atom stereocenters. The summed E-state index contributed by atoms with van der Waals surface area (Å²) in [7, 11) is 1.31. The van der Waals surface area contributed by atoms with Crippen LogP contribution in [0.25, 0.3) is 0 Å². The van der Waals surface area contributed by atoms with E-state index >= 15 is 0 Å². The highest BCUT2D eigenvalue weighted by molar-refractivity contribution is 7.14. The number of furan rings is 1. The standard InChI is InChI=1S/C12H11NO4S/c1-7-3-4-17-10(7)11(14)13-9-5-8(6-18-9)12(15)16-2/h3-6H,1-2H3,(H,13,14). The maximum absolute atomic E-state index is 11.8. The van der Waals surface area contributed by atoms with Crippen LogP contribution in [0.5, 0.6) is 0 Å². The number of amides is 1. The molecule has 0 radical (unpaired) electrons. The van der Waals surface area contributed by atoms with Gasteiger partial charge >= 0.3 is 5.97 Å². The Kier molecular flexibility index (Phi) is 3.47. The second-order valence-corrected chi connectivity index (χ2v) is 4.49. The number of hydrogen-bond donors (Lipinski definition) is 1. The van der Waals surface area contributed by atoms with Crippen molar-refractivity contribution >= 4 is 28.2 Å². The van der Waals surface area contributed by atoms with Crippen LogP contribution in [0.15, 0.2) is 28.2 Å². The third kappa shape index (κ3) is 2.43. The predicted molar refractivity (Wildman–Crippen MR) is 67.1 cm³/mol. The minimum absolute atomic E-state index is 0.267. The quantitative estimate of drug-likeness (QED) is 0.866. The molecular weight excluding hydrogens is 254 g/mol. The van der Waals surface area contributed by atoms with E-state index in [0.29, 0.717) is 10.6 Å². The molecule has 0 bridgehead atoms. The van der Waals surface area contributed by atoms with Crippen molar-refractivity contribution in [2.45, 2.75) is 6.92 Å². The highest BCUT2D eigenvalue weighted by atomic mass is 32.1. The van der Waals surface area contributed by atoms with E-state index in [1.165, 1.54) is 24.7 Å². The fourth-order valence-corrected chi connectivity index (χ4v) is 2.17. The lowest BCUT2D eigenvalue weighted by Gasteiger charge is -1.99. The van der Waals surface area contributed by atoms with Crippen molar-refractivity contribution in [1.82, 2.24) is 0 Å². The van der Waals surface area contributed by atoms with E-state index in [-0.39, 0.29) is 11.7 Å². The minimum Gasteiger partial charge on any atom is -0.465 e. The van der Waals surface area contributed by atoms with E-state index in [1.54, 1.807) is 24.4 Å². The lowest BCUT2D eigenvalue weighted by atomic mass is 10.2. The number of methoxy groups -OCH3 is 1. The predicted octanol–water partition coefficient (Wildman–Crippen LogP) is 2.69. The van der Waals surface area contributed by atoms with Gasteiger partial charge in [-0.05, 0) is 19.1 Å². The first-order valence-electron chi connectivity index (χ1n) is 5.14. The first kappa shape index (κ1) is 12.4. The van der Waals surface area contributed by atoms with Gasteiger partial charge in [0.2, 0.25) is 0 Å². The van der Waals surface area contributed by atoms with Gasteiger partial charge in [-0.2, -0.15) is 0 Å². The Bertz CT molecular complexity index is 584. The van der Waals surface area contributed by atoms with Crippen LogP contribution in [0.2, 0.25) is 0 Å². The first-order chi connectivity index (χ1) is 8.61. The van der Waals surface area contributed by atoms with E-state index in [4.69, 9.17) is 4.42 Å². The van der Waals surface area contributed by atoms with Crippen molar-refractivity contribution in [3.05, 3.63) is 40.7 Å². The summed E-state index contributed by atoms with van der Waals surface area (Å²) in [6, 6.07) is 3.27. The van der Waals surface area contributed by atoms with Gasteiger partial charge in [-0.3, -0.25) is 4.79 Å². The van der Waals surface area contributed by atoms with Gasteiger partial charge in [-0.1, -0.05) is 0 Å². The lowest BCUT2D eigenvalue weighted by molar-refractivity contribution is 0.0601. The van der Waals surface area contributed by atoms with Crippen LogP contribution in [0.4, 0.5) is 5.00 Å². The number of nitrogens with one attached hydrogen (secondary N) is 1. The molecule has 94 valence electrons. The molecule has 0 aliphatic heterocycles. The zero-order valence-electron chi connectivity index (χ0n) is 9.85. The van der Waals surface area contributed by atoms with E-state index in [9.17, 15) is 9.59 Å². The number of ether oxygens (including phenoxy) is 1. The summed E-state index contributed by atoms with van der Waals surface area (Å²) >= 11 is 1.25. The molecule has 2 aromatic rings. The fraction of sp³-hybridized carbons (Fsp3) is 0.167. The molecule has 0 aliphatic rings. The molecule has 0 aromatic carbocycles. The van der Waals surface area contributed by atoms with Gasteiger partial charge in [0.15, 0.2) is 5.76 Å². The Morgan fingerprint density at radius 1 is 1.44 bits per heavy atom. The van der Waals surface area contributed by atoms with E-state index in [1.807, 2.05) is 0 Å². The molecule has 2 rings (SSSR count). The molecule has 1 amide bonds. The van der Waals surface area contributed by atoms with Crippen LogP contribution in [-0.2, 0) is 4.74 Å². The first-order valence-corrected chi connectivity index (χ1v) is 6.02. The van der Waals surface area contributed by atoms with Crippen molar-refractivity contribution in [1.29, 1.82) is 0 Å². The molecule has 0 saturated carbocycles. The number of rotatable bonds is 3. The maximum Gasteiger partial charge on any atom is 0.338 e. The van der Waals surface area contributed by atoms with E-state index in [0.717, 1.165) is 5.56 Å². The average Bonchev–Trinajstić information content (AvgIpc) is 2.97. The van der Waals surface area contributed by atoms with Gasteiger partial charge in [0.1, 0.15) is 0 Å². The number of aryl methyl sites for hydroxylation is 1. The summed E-state index contributed by atoms with van der Waals surface area (Å²) in [4.78, 5) is 23.1. The number of hydrogen-bond acceptors (Lipinski definition) is 5. The van der Waals surface area contributed by atoms with Gasteiger partial charge in [-0.25, -0.2) is 4.79 Å². The number of thiophene rings is 1. The number of carbonyl (C=O) groups excluding carboxylic acids is 2. The van der Waals surface area contributed by atoms with Crippen LogP contribution >= 0.6 is 11.3 Å². The van der Waals surface area contributed by atoms with Gasteiger partial charge in [-0.15, -0.1) is 11.3 Å². The second-order valence-electron chi connectivity index (χ2n) is 3.58. The topological polar surface area (TPSA) is 68.5 Å². The van der Waals surface area contributed by atoms with Crippen LogP contribution in [0.1, 0.15) is 26.5 Å². The third-order valence-corrected chi connectivity index (χ3v) is 3.17. The maximum atomic E-state index is 11.8. The molecular formula is C12H11NO4S. The molecule has 6 heteroatoms. The second kappa shape index (κ2) is 5.05. The average molecular weight is 265 g/mol. The fourth-order valence-electron chi connectivity index (χ4n) is 1.40. The van der Waals surface area contributed by atoms with Gasteiger partial charge in [0.05, 0.1) is 23.9 Å². The Labute approximate surface area is 107 Å². The Hall–Kier alpha value is -2.08. The summed E-state index contributed by atoms with van der Waals surface area (Å²) in [6.45, 7) is 1.78. The number of esters is 1. The minimum atomic E-state index is -0.430. The summed E-state index contributed by atoms with van der Waals surface area (Å²) < 4.78 is 9.66. The summed E-state index contributed by atoms with van der Waals surface area (Å²) in [6.07, 6.45) is 1.46. The monoisotopic (exact) mass is 265 g/mol. The highest BCUT2D eigenvalue weighted by Gasteiger charge is 2.15. The van der Waals surface area contributed by atoms with Crippen LogP contribution in [0, 0.1) is 6.92 Å². The molecule has 1 N–H and O–H groups in total. The number of anilines is 1. The van der Waals surface area contributed by atoms with Crippen molar-refractivity contribution in [3.8, 4) is 0 Å². The molecule has 0 aliphatic carbocycles. The van der Waals surface area contributed by atoms with Crippen LogP contribution in [0.3, 0.4) is 0 Å². The van der Waals surface area contributed by atoms with Crippen LogP contribution in [-0.4, -0.2) is 19.0 Å². The third-order valence-electron chi connectivity index (χ3n) is 2.33. The zero-order chi connectivity index (χ0) is 13.1. The van der Waals surface area contributed by atoms with Crippen molar-refractivity contribution in [2.75, 3.05) is 12.4 Å². The van der Waals surface area contributed by atoms with Crippen molar-refractivity contribution in [3.63, 3.8) is 0 Å². The zero-order valence-corrected chi connectivity index (χ0v) is 10.7. The van der Waals surface area contributed by atoms with Gasteiger partial charge < -0.3 is 14.5 Å². The molecule has 0 saturated heterocycles. The summed E-state index contributed by atoms with van der Waals surface area (Å²) in [5.41, 5.74) is 1.17. The van der Waals surface area contributed by atoms with E-state index < -0.39 is 5.97 Å². The van der Waals surface area contributed by atoms with Crippen molar-refractivity contribution in [2.24, 2.45) is 0 Å². The molecule has 2 aromatic heterocycles. The normalized spacial score (nSPS) is 10.1. The molecule has 0 unspecified atom stereocenters. The Morgan fingerprint density at radius 2 is 2.22 bits per heavy atom. The molecule has 5 nitrogen and oxygen atoms in total. The largest absolute Gasteiger partial charge is 0.465 e. The van der Waals surface area contributed by atoms with Crippen molar-refractivity contribution < 1.29 is 18.7 Å². The lowest BCUT2D eigenvalue weighted by Crippen LogP contribution is -2.11. The molecule has 18 heavy (non-hydrogen) atoms. The Morgan fingerprint density at radius 3 is 2.83 bits per heavy atom. The highest BCUT2D eigenvalue weighted by Crippen LogP contribution is 2.22. The SMILES string of the molecule is COC(=O)c1csc(NC(=O)c2occc2C)c1. The number of carbonyl (C=O) groups is 2. The van der Waals surface area contributed by atoms with E-state index in [2.05, 4.69) is 10.1 Å².